The second-order valence-corrected chi connectivity index (χ2v) is 5.19. The Morgan fingerprint density at radius 3 is 2.53 bits per heavy atom. The lowest BCUT2D eigenvalue weighted by Gasteiger charge is -1.96. The van der Waals surface area contributed by atoms with Crippen LogP contribution in [-0.4, -0.2) is 0 Å². The first-order valence-corrected chi connectivity index (χ1v) is 6.12. The molecule has 0 saturated carbocycles. The third kappa shape index (κ3) is 2.47. The van der Waals surface area contributed by atoms with Gasteiger partial charge in [-0.1, -0.05) is 28.1 Å². The van der Waals surface area contributed by atoms with Gasteiger partial charge in [-0.2, -0.15) is 5.26 Å². The van der Waals surface area contributed by atoms with Crippen molar-refractivity contribution in [3.63, 3.8) is 0 Å². The third-order valence-electron chi connectivity index (χ3n) is 2.04. The zero-order valence-electron chi connectivity index (χ0n) is 7.90. The topological polar surface area (TPSA) is 23.8 Å². The summed E-state index contributed by atoms with van der Waals surface area (Å²) in [6, 6.07) is 14.5. The van der Waals surface area contributed by atoms with E-state index in [0.717, 1.165) is 9.35 Å². The Labute approximate surface area is 101 Å². The molecule has 0 bridgehead atoms. The van der Waals surface area contributed by atoms with E-state index in [0.29, 0.717) is 6.42 Å². The fraction of sp³-hybridized carbons (Fsp3) is 0.0833. The quantitative estimate of drug-likeness (QED) is 0.805. The van der Waals surface area contributed by atoms with E-state index in [-0.39, 0.29) is 0 Å². The molecule has 2 rings (SSSR count). The maximum Gasteiger partial charge on any atom is 0.0695 e. The molecule has 0 spiro atoms. The SMILES string of the molecule is N#CCc1ccc(-c2ccc(Br)cc2)s1. The first kappa shape index (κ1) is 10.4. The van der Waals surface area contributed by atoms with Crippen molar-refractivity contribution < 1.29 is 0 Å². The maximum absolute atomic E-state index is 8.59. The van der Waals surface area contributed by atoms with E-state index in [2.05, 4.69) is 40.2 Å². The van der Waals surface area contributed by atoms with E-state index < -0.39 is 0 Å². The third-order valence-corrected chi connectivity index (χ3v) is 3.71. The summed E-state index contributed by atoms with van der Waals surface area (Å²) in [5.41, 5.74) is 1.20. The Morgan fingerprint density at radius 1 is 1.13 bits per heavy atom. The second kappa shape index (κ2) is 4.61. The minimum Gasteiger partial charge on any atom is -0.198 e. The molecule has 1 heterocycles. The second-order valence-electron chi connectivity index (χ2n) is 3.11. The highest BCUT2D eigenvalue weighted by Gasteiger charge is 2.02. The minimum atomic E-state index is 0.501. The largest absolute Gasteiger partial charge is 0.198 e. The van der Waals surface area contributed by atoms with Crippen molar-refractivity contribution in [2.24, 2.45) is 0 Å². The summed E-state index contributed by atoms with van der Waals surface area (Å²) in [6.07, 6.45) is 0.501. The van der Waals surface area contributed by atoms with Gasteiger partial charge < -0.3 is 0 Å². The Kier molecular flexibility index (Phi) is 3.20. The number of rotatable bonds is 2. The zero-order chi connectivity index (χ0) is 10.7. The van der Waals surface area contributed by atoms with Gasteiger partial charge in [-0.15, -0.1) is 11.3 Å². The number of benzene rings is 1. The number of thiophene rings is 1. The predicted octanol–water partition coefficient (Wildman–Crippen LogP) is 4.24. The van der Waals surface area contributed by atoms with Crippen molar-refractivity contribution in [3.05, 3.63) is 45.7 Å². The predicted molar refractivity (Wildman–Crippen MR) is 66.8 cm³/mol. The Bertz CT molecular complexity index is 493. The molecule has 1 nitrogen and oxygen atoms in total. The Balaban J connectivity index is 2.30. The van der Waals surface area contributed by atoms with Gasteiger partial charge >= 0.3 is 0 Å². The molecule has 0 aliphatic heterocycles. The summed E-state index contributed by atoms with van der Waals surface area (Å²) in [5, 5.41) is 8.59. The molecule has 74 valence electrons. The van der Waals surface area contributed by atoms with Gasteiger partial charge in [-0.05, 0) is 29.8 Å². The van der Waals surface area contributed by atoms with E-state index >= 15 is 0 Å². The van der Waals surface area contributed by atoms with Crippen LogP contribution in [0.2, 0.25) is 0 Å². The molecule has 0 aliphatic rings. The van der Waals surface area contributed by atoms with Gasteiger partial charge in [-0.25, -0.2) is 0 Å². The maximum atomic E-state index is 8.59. The van der Waals surface area contributed by atoms with Crippen LogP contribution in [0, 0.1) is 11.3 Å². The monoisotopic (exact) mass is 277 g/mol. The molecule has 0 amide bonds. The van der Waals surface area contributed by atoms with Crippen molar-refractivity contribution in [1.82, 2.24) is 0 Å². The molecule has 0 unspecified atom stereocenters. The van der Waals surface area contributed by atoms with E-state index in [4.69, 9.17) is 5.26 Å². The molecular formula is C12H8BrNS. The van der Waals surface area contributed by atoms with Gasteiger partial charge in [0.05, 0.1) is 12.5 Å². The molecular weight excluding hydrogens is 270 g/mol. The van der Waals surface area contributed by atoms with Crippen LogP contribution in [0.4, 0.5) is 0 Å². The van der Waals surface area contributed by atoms with Crippen LogP contribution >= 0.6 is 27.3 Å². The standard InChI is InChI=1S/C12H8BrNS/c13-10-3-1-9(2-4-10)12-6-5-11(15-12)7-8-14/h1-6H,7H2. The highest BCUT2D eigenvalue weighted by Crippen LogP contribution is 2.29. The smallest absolute Gasteiger partial charge is 0.0695 e. The summed E-state index contributed by atoms with van der Waals surface area (Å²) in [4.78, 5) is 2.34. The average molecular weight is 278 g/mol. The van der Waals surface area contributed by atoms with E-state index in [1.807, 2.05) is 18.2 Å². The van der Waals surface area contributed by atoms with Crippen LogP contribution in [0.1, 0.15) is 4.88 Å². The number of nitriles is 1. The summed E-state index contributed by atoms with van der Waals surface area (Å²) in [5.74, 6) is 0. The molecule has 2 aromatic rings. The van der Waals surface area contributed by atoms with Crippen LogP contribution < -0.4 is 0 Å². The number of hydrogen-bond donors (Lipinski definition) is 0. The number of hydrogen-bond acceptors (Lipinski definition) is 2. The van der Waals surface area contributed by atoms with E-state index in [1.54, 1.807) is 11.3 Å². The van der Waals surface area contributed by atoms with E-state index in [9.17, 15) is 0 Å². The average Bonchev–Trinajstić information content (AvgIpc) is 2.68. The molecule has 0 saturated heterocycles. The normalized spacial score (nSPS) is 9.87. The lowest BCUT2D eigenvalue weighted by Crippen LogP contribution is -1.71. The van der Waals surface area contributed by atoms with Crippen molar-refractivity contribution in [1.29, 1.82) is 5.26 Å². The van der Waals surface area contributed by atoms with E-state index in [1.165, 1.54) is 10.4 Å². The van der Waals surface area contributed by atoms with Crippen LogP contribution in [0.25, 0.3) is 10.4 Å². The van der Waals surface area contributed by atoms with Crippen molar-refractivity contribution in [2.45, 2.75) is 6.42 Å². The van der Waals surface area contributed by atoms with Gasteiger partial charge in [0.2, 0.25) is 0 Å². The summed E-state index contributed by atoms with van der Waals surface area (Å²) in [6.45, 7) is 0. The van der Waals surface area contributed by atoms with Crippen LogP contribution in [0.15, 0.2) is 40.9 Å². The van der Waals surface area contributed by atoms with Gasteiger partial charge in [-0.3, -0.25) is 0 Å². The van der Waals surface area contributed by atoms with Gasteiger partial charge in [0.15, 0.2) is 0 Å². The summed E-state index contributed by atoms with van der Waals surface area (Å²) >= 11 is 5.09. The lowest BCUT2D eigenvalue weighted by molar-refractivity contribution is 1.32. The van der Waals surface area contributed by atoms with Crippen LogP contribution in [0.5, 0.6) is 0 Å². The number of halogens is 1. The molecule has 0 N–H and O–H groups in total. The fourth-order valence-corrected chi connectivity index (χ4v) is 2.53. The zero-order valence-corrected chi connectivity index (χ0v) is 10.3. The fourth-order valence-electron chi connectivity index (χ4n) is 1.32. The summed E-state index contributed by atoms with van der Waals surface area (Å²) in [7, 11) is 0. The molecule has 1 aromatic carbocycles. The highest BCUT2D eigenvalue weighted by molar-refractivity contribution is 9.10. The molecule has 15 heavy (non-hydrogen) atoms. The highest BCUT2D eigenvalue weighted by atomic mass is 79.9. The van der Waals surface area contributed by atoms with Crippen molar-refractivity contribution in [3.8, 4) is 16.5 Å². The van der Waals surface area contributed by atoms with Gasteiger partial charge in [0.1, 0.15) is 0 Å². The molecule has 0 fully saturated rings. The number of nitrogens with zero attached hydrogens (tertiary/aromatic N) is 1. The minimum absolute atomic E-state index is 0.501. The first-order chi connectivity index (χ1) is 7.29. The molecule has 0 radical (unpaired) electrons. The van der Waals surface area contributed by atoms with Crippen molar-refractivity contribution >= 4 is 27.3 Å². The van der Waals surface area contributed by atoms with Crippen molar-refractivity contribution in [2.75, 3.05) is 0 Å². The lowest BCUT2D eigenvalue weighted by atomic mass is 10.2. The Morgan fingerprint density at radius 2 is 1.87 bits per heavy atom. The molecule has 0 aliphatic carbocycles. The first-order valence-electron chi connectivity index (χ1n) is 4.51. The van der Waals surface area contributed by atoms with Gasteiger partial charge in [0.25, 0.3) is 0 Å². The molecule has 3 heteroatoms. The van der Waals surface area contributed by atoms with Gasteiger partial charge in [0, 0.05) is 14.2 Å². The molecule has 0 atom stereocenters. The van der Waals surface area contributed by atoms with Crippen LogP contribution in [0.3, 0.4) is 0 Å². The Hall–Kier alpha value is -1.11. The molecule has 1 aromatic heterocycles. The van der Waals surface area contributed by atoms with Crippen LogP contribution in [-0.2, 0) is 6.42 Å². The summed E-state index contributed by atoms with van der Waals surface area (Å²) < 4.78 is 1.08.